The molecule has 0 fully saturated rings. The lowest BCUT2D eigenvalue weighted by molar-refractivity contribution is 0.0957. The Morgan fingerprint density at radius 3 is 2.73 bits per heavy atom. The SMILES string of the molecule is NC1CCc2ccc(-c3cnc4n[nH]c(-c5ccc6c(c5)OCCNC6=O)c4c3)cc2CC1. The summed E-state index contributed by atoms with van der Waals surface area (Å²) in [5, 5.41) is 11.3. The van der Waals surface area contributed by atoms with Crippen molar-refractivity contribution in [2.45, 2.75) is 31.7 Å². The molecule has 4 aromatic rings. The lowest BCUT2D eigenvalue weighted by Crippen LogP contribution is -2.24. The number of carbonyl (C=O) groups is 1. The minimum Gasteiger partial charge on any atom is -0.491 e. The molecule has 7 heteroatoms. The topological polar surface area (TPSA) is 106 Å². The van der Waals surface area contributed by atoms with Crippen molar-refractivity contribution in [3.8, 4) is 28.1 Å². The Morgan fingerprint density at radius 2 is 1.82 bits per heavy atom. The summed E-state index contributed by atoms with van der Waals surface area (Å²) in [7, 11) is 0. The number of ether oxygens (including phenoxy) is 1. The van der Waals surface area contributed by atoms with Crippen LogP contribution in [0.5, 0.6) is 5.75 Å². The molecule has 33 heavy (non-hydrogen) atoms. The number of aromatic amines is 1. The fourth-order valence-electron chi connectivity index (χ4n) is 4.79. The average molecular weight is 440 g/mol. The predicted octanol–water partition coefficient (Wildman–Crippen LogP) is 3.62. The number of H-pyrrole nitrogens is 1. The second-order valence-corrected chi connectivity index (χ2v) is 8.83. The number of aromatic nitrogens is 3. The third kappa shape index (κ3) is 3.64. The molecule has 1 aliphatic carbocycles. The third-order valence-electron chi connectivity index (χ3n) is 6.68. The molecule has 3 heterocycles. The van der Waals surface area contributed by atoms with Crippen molar-refractivity contribution in [3.05, 3.63) is 65.4 Å². The van der Waals surface area contributed by atoms with Crippen molar-refractivity contribution in [2.24, 2.45) is 5.73 Å². The maximum absolute atomic E-state index is 12.2. The van der Waals surface area contributed by atoms with Gasteiger partial charge in [-0.3, -0.25) is 9.89 Å². The van der Waals surface area contributed by atoms with Gasteiger partial charge in [-0.2, -0.15) is 5.10 Å². The summed E-state index contributed by atoms with van der Waals surface area (Å²) in [6.45, 7) is 0.941. The highest BCUT2D eigenvalue weighted by Gasteiger charge is 2.19. The molecule has 4 N–H and O–H groups in total. The molecule has 166 valence electrons. The van der Waals surface area contributed by atoms with E-state index >= 15 is 0 Å². The highest BCUT2D eigenvalue weighted by molar-refractivity contribution is 5.99. The van der Waals surface area contributed by atoms with Gasteiger partial charge in [-0.1, -0.05) is 24.3 Å². The van der Waals surface area contributed by atoms with Crippen LogP contribution in [0.1, 0.15) is 34.3 Å². The van der Waals surface area contributed by atoms with Gasteiger partial charge in [0.05, 0.1) is 17.8 Å². The second kappa shape index (κ2) is 8.01. The van der Waals surface area contributed by atoms with Gasteiger partial charge in [-0.25, -0.2) is 4.98 Å². The standard InChI is InChI=1S/C26H25N5O2/c27-20-6-3-15-1-2-17(11-16(15)4-7-20)19-12-22-24(30-31-25(22)29-14-19)18-5-8-21-23(13-18)33-10-9-28-26(21)32/h1-2,5,8,11-14,20H,3-4,6-7,9-10,27H2,(H,28,32)(H,29,30,31). The first kappa shape index (κ1) is 19.9. The van der Waals surface area contributed by atoms with Crippen molar-refractivity contribution in [1.29, 1.82) is 0 Å². The van der Waals surface area contributed by atoms with Gasteiger partial charge in [-0.15, -0.1) is 0 Å². The Labute approximate surface area is 191 Å². The number of carbonyl (C=O) groups excluding carboxylic acids is 1. The highest BCUT2D eigenvalue weighted by atomic mass is 16.5. The summed E-state index contributed by atoms with van der Waals surface area (Å²) in [4.78, 5) is 16.8. The number of nitrogens with zero attached hydrogens (tertiary/aromatic N) is 2. The first-order chi connectivity index (χ1) is 16.2. The molecule has 2 aromatic heterocycles. The fourth-order valence-corrected chi connectivity index (χ4v) is 4.79. The summed E-state index contributed by atoms with van der Waals surface area (Å²) in [5.74, 6) is 0.468. The van der Waals surface area contributed by atoms with E-state index in [2.05, 4.69) is 44.8 Å². The van der Waals surface area contributed by atoms with E-state index < -0.39 is 0 Å². The van der Waals surface area contributed by atoms with Crippen molar-refractivity contribution < 1.29 is 9.53 Å². The summed E-state index contributed by atoms with van der Waals surface area (Å²) in [5.41, 5.74) is 14.1. The monoisotopic (exact) mass is 439 g/mol. The molecule has 6 rings (SSSR count). The van der Waals surface area contributed by atoms with Gasteiger partial charge >= 0.3 is 0 Å². The summed E-state index contributed by atoms with van der Waals surface area (Å²) in [6, 6.07) is 14.7. The van der Waals surface area contributed by atoms with Gasteiger partial charge in [0.15, 0.2) is 5.65 Å². The summed E-state index contributed by atoms with van der Waals surface area (Å²) in [6.07, 6.45) is 6.00. The number of benzene rings is 2. The Balaban J connectivity index is 1.40. The Kier molecular flexibility index (Phi) is 4.84. The molecule has 0 radical (unpaired) electrons. The number of pyridine rings is 1. The molecule has 0 saturated heterocycles. The molecule has 0 saturated carbocycles. The van der Waals surface area contributed by atoms with Gasteiger partial charge in [0.25, 0.3) is 5.91 Å². The van der Waals surface area contributed by atoms with Gasteiger partial charge in [0.2, 0.25) is 0 Å². The van der Waals surface area contributed by atoms with Crippen LogP contribution >= 0.6 is 0 Å². The van der Waals surface area contributed by atoms with Gasteiger partial charge in [0, 0.05) is 28.8 Å². The Bertz CT molecular complexity index is 1380. The van der Waals surface area contributed by atoms with E-state index in [-0.39, 0.29) is 11.9 Å². The Hall–Kier alpha value is -3.71. The van der Waals surface area contributed by atoms with E-state index in [4.69, 9.17) is 10.5 Å². The number of hydrogen-bond donors (Lipinski definition) is 3. The smallest absolute Gasteiger partial charge is 0.255 e. The molecule has 0 spiro atoms. The molecule has 2 aliphatic rings. The number of rotatable bonds is 2. The zero-order valence-electron chi connectivity index (χ0n) is 18.2. The first-order valence-corrected chi connectivity index (χ1v) is 11.4. The molecule has 7 nitrogen and oxygen atoms in total. The van der Waals surface area contributed by atoms with Crippen molar-refractivity contribution in [1.82, 2.24) is 20.5 Å². The number of fused-ring (bicyclic) bond motifs is 3. The van der Waals surface area contributed by atoms with Crippen LogP contribution in [0.2, 0.25) is 0 Å². The zero-order chi connectivity index (χ0) is 22.4. The third-order valence-corrected chi connectivity index (χ3v) is 6.68. The molecule has 2 aromatic carbocycles. The maximum atomic E-state index is 12.2. The highest BCUT2D eigenvalue weighted by Crippen LogP contribution is 2.33. The minimum atomic E-state index is -0.114. The van der Waals surface area contributed by atoms with Crippen LogP contribution in [0.15, 0.2) is 48.7 Å². The van der Waals surface area contributed by atoms with Crippen LogP contribution < -0.4 is 15.8 Å². The van der Waals surface area contributed by atoms with Crippen LogP contribution in [0.3, 0.4) is 0 Å². The molecule has 1 aliphatic heterocycles. The van der Waals surface area contributed by atoms with E-state index in [0.717, 1.165) is 53.5 Å². The fraction of sp³-hybridized carbons (Fsp3) is 0.269. The number of amides is 1. The van der Waals surface area contributed by atoms with Crippen LogP contribution in [0.4, 0.5) is 0 Å². The summed E-state index contributed by atoms with van der Waals surface area (Å²) >= 11 is 0. The van der Waals surface area contributed by atoms with E-state index in [1.54, 1.807) is 6.07 Å². The van der Waals surface area contributed by atoms with Gasteiger partial charge < -0.3 is 15.8 Å². The molecule has 1 amide bonds. The molecular formula is C26H25N5O2. The van der Waals surface area contributed by atoms with E-state index in [9.17, 15) is 4.79 Å². The second-order valence-electron chi connectivity index (χ2n) is 8.83. The van der Waals surface area contributed by atoms with Crippen LogP contribution in [0.25, 0.3) is 33.4 Å². The van der Waals surface area contributed by atoms with Crippen molar-refractivity contribution in [3.63, 3.8) is 0 Å². The minimum absolute atomic E-state index is 0.114. The van der Waals surface area contributed by atoms with Gasteiger partial charge in [0.1, 0.15) is 12.4 Å². The zero-order valence-corrected chi connectivity index (χ0v) is 18.2. The van der Waals surface area contributed by atoms with Crippen LogP contribution in [-0.2, 0) is 12.8 Å². The first-order valence-electron chi connectivity index (χ1n) is 11.4. The lowest BCUT2D eigenvalue weighted by atomic mass is 9.96. The van der Waals surface area contributed by atoms with E-state index in [0.29, 0.717) is 30.1 Å². The molecule has 1 unspecified atom stereocenters. The van der Waals surface area contributed by atoms with Crippen molar-refractivity contribution in [2.75, 3.05) is 13.2 Å². The lowest BCUT2D eigenvalue weighted by Gasteiger charge is -2.10. The van der Waals surface area contributed by atoms with Gasteiger partial charge in [-0.05, 0) is 60.6 Å². The Morgan fingerprint density at radius 1 is 0.970 bits per heavy atom. The molecule has 0 bridgehead atoms. The molecule has 1 atom stereocenters. The quantitative estimate of drug-likeness (QED) is 0.414. The largest absolute Gasteiger partial charge is 0.491 e. The maximum Gasteiger partial charge on any atom is 0.255 e. The van der Waals surface area contributed by atoms with E-state index in [1.165, 1.54) is 11.1 Å². The number of nitrogens with one attached hydrogen (secondary N) is 2. The number of hydrogen-bond acceptors (Lipinski definition) is 5. The average Bonchev–Trinajstić information content (AvgIpc) is 3.06. The molecular weight excluding hydrogens is 414 g/mol. The van der Waals surface area contributed by atoms with Crippen LogP contribution in [-0.4, -0.2) is 40.3 Å². The van der Waals surface area contributed by atoms with Crippen LogP contribution in [0, 0.1) is 0 Å². The van der Waals surface area contributed by atoms with Crippen molar-refractivity contribution >= 4 is 16.9 Å². The van der Waals surface area contributed by atoms with E-state index in [1.807, 2.05) is 18.3 Å². The number of nitrogens with two attached hydrogens (primary N) is 1. The summed E-state index contributed by atoms with van der Waals surface area (Å²) < 4.78 is 5.79. The predicted molar refractivity (Wildman–Crippen MR) is 127 cm³/mol. The normalized spacial score (nSPS) is 18.0. The number of aryl methyl sites for hydroxylation is 2.